The number of hydrogen-bond acceptors (Lipinski definition) is 3. The standard InChI is InChI=1S/C12H18BrN3O/c1-7(2)16-10(9(13)6-15-16)11(17)12(3,14)8-4-5-8/h6-8H,4-5,14H2,1-3H3. The molecule has 2 N–H and O–H groups in total. The number of carbonyl (C=O) groups excluding carboxylic acids is 1. The fourth-order valence-corrected chi connectivity index (χ4v) is 2.52. The van der Waals surface area contributed by atoms with E-state index in [0.29, 0.717) is 11.6 Å². The molecular formula is C12H18BrN3O. The third kappa shape index (κ3) is 2.18. The molecule has 1 unspecified atom stereocenters. The maximum absolute atomic E-state index is 12.5. The molecule has 2 rings (SSSR count). The quantitative estimate of drug-likeness (QED) is 0.869. The molecule has 0 spiro atoms. The van der Waals surface area contributed by atoms with Crippen LogP contribution in [0, 0.1) is 5.92 Å². The summed E-state index contributed by atoms with van der Waals surface area (Å²) in [7, 11) is 0. The Hall–Kier alpha value is -0.680. The normalized spacial score (nSPS) is 19.4. The van der Waals surface area contributed by atoms with E-state index in [1.807, 2.05) is 20.8 Å². The number of carbonyl (C=O) groups is 1. The molecule has 0 amide bonds. The van der Waals surface area contributed by atoms with Gasteiger partial charge in [0.15, 0.2) is 0 Å². The van der Waals surface area contributed by atoms with Gasteiger partial charge in [-0.25, -0.2) is 0 Å². The largest absolute Gasteiger partial charge is 0.319 e. The second kappa shape index (κ2) is 4.21. The number of ketones is 1. The first-order chi connectivity index (χ1) is 7.85. The summed E-state index contributed by atoms with van der Waals surface area (Å²) in [5, 5.41) is 4.22. The second-order valence-electron chi connectivity index (χ2n) is 5.27. The molecule has 5 heteroatoms. The molecule has 17 heavy (non-hydrogen) atoms. The number of halogens is 1. The lowest BCUT2D eigenvalue weighted by atomic mass is 9.90. The Labute approximate surface area is 110 Å². The lowest BCUT2D eigenvalue weighted by Crippen LogP contribution is -2.48. The van der Waals surface area contributed by atoms with Crippen molar-refractivity contribution in [3.05, 3.63) is 16.4 Å². The van der Waals surface area contributed by atoms with Crippen LogP contribution in [0.15, 0.2) is 10.7 Å². The van der Waals surface area contributed by atoms with Crippen LogP contribution in [-0.2, 0) is 0 Å². The summed E-state index contributed by atoms with van der Waals surface area (Å²) in [5.74, 6) is 0.301. The molecule has 1 aliphatic carbocycles. The maximum Gasteiger partial charge on any atom is 0.201 e. The number of rotatable bonds is 4. The van der Waals surface area contributed by atoms with E-state index >= 15 is 0 Å². The molecule has 0 aliphatic heterocycles. The van der Waals surface area contributed by atoms with Gasteiger partial charge in [0.25, 0.3) is 0 Å². The lowest BCUT2D eigenvalue weighted by Gasteiger charge is -2.24. The van der Waals surface area contributed by atoms with Gasteiger partial charge in [0, 0.05) is 6.04 Å². The van der Waals surface area contributed by atoms with Gasteiger partial charge in [-0.05, 0) is 55.5 Å². The summed E-state index contributed by atoms with van der Waals surface area (Å²) in [6, 6.07) is 0.148. The van der Waals surface area contributed by atoms with Crippen LogP contribution in [0.25, 0.3) is 0 Å². The Kier molecular flexibility index (Phi) is 3.16. The Morgan fingerprint density at radius 1 is 1.65 bits per heavy atom. The summed E-state index contributed by atoms with van der Waals surface area (Å²) >= 11 is 3.39. The van der Waals surface area contributed by atoms with Crippen molar-refractivity contribution >= 4 is 21.7 Å². The first-order valence-corrected chi connectivity index (χ1v) is 6.71. The molecule has 4 nitrogen and oxygen atoms in total. The molecule has 1 aromatic rings. The van der Waals surface area contributed by atoms with Crippen molar-refractivity contribution in [1.82, 2.24) is 9.78 Å². The van der Waals surface area contributed by atoms with Gasteiger partial charge in [-0.1, -0.05) is 0 Å². The van der Waals surface area contributed by atoms with E-state index in [0.717, 1.165) is 17.3 Å². The third-order valence-electron chi connectivity index (χ3n) is 3.37. The van der Waals surface area contributed by atoms with Gasteiger partial charge in [0.05, 0.1) is 16.2 Å². The molecule has 1 saturated carbocycles. The first-order valence-electron chi connectivity index (χ1n) is 5.92. The van der Waals surface area contributed by atoms with Gasteiger partial charge in [0.2, 0.25) is 5.78 Å². The van der Waals surface area contributed by atoms with Gasteiger partial charge in [-0.15, -0.1) is 0 Å². The summed E-state index contributed by atoms with van der Waals surface area (Å²) in [5.41, 5.74) is 6.01. The highest BCUT2D eigenvalue weighted by molar-refractivity contribution is 9.10. The first kappa shape index (κ1) is 12.8. The van der Waals surface area contributed by atoms with Crippen LogP contribution < -0.4 is 5.73 Å². The van der Waals surface area contributed by atoms with Crippen molar-refractivity contribution in [3.8, 4) is 0 Å². The highest BCUT2D eigenvalue weighted by Gasteiger charge is 2.45. The molecule has 0 bridgehead atoms. The maximum atomic E-state index is 12.5. The fraction of sp³-hybridized carbons (Fsp3) is 0.667. The molecule has 1 aliphatic rings. The Morgan fingerprint density at radius 3 is 2.71 bits per heavy atom. The van der Waals surface area contributed by atoms with E-state index in [-0.39, 0.29) is 11.8 Å². The smallest absolute Gasteiger partial charge is 0.201 e. The van der Waals surface area contributed by atoms with Crippen molar-refractivity contribution < 1.29 is 4.79 Å². The van der Waals surface area contributed by atoms with Crippen LogP contribution in [0.1, 0.15) is 50.1 Å². The van der Waals surface area contributed by atoms with Crippen LogP contribution in [0.2, 0.25) is 0 Å². The van der Waals surface area contributed by atoms with Gasteiger partial charge >= 0.3 is 0 Å². The molecule has 1 fully saturated rings. The molecule has 0 saturated heterocycles. The molecule has 1 heterocycles. The van der Waals surface area contributed by atoms with Crippen LogP contribution in [0.4, 0.5) is 0 Å². The van der Waals surface area contributed by atoms with Crippen molar-refractivity contribution in [2.24, 2.45) is 11.7 Å². The predicted octanol–water partition coefficient (Wildman–Crippen LogP) is 2.54. The van der Waals surface area contributed by atoms with E-state index < -0.39 is 5.54 Å². The molecule has 0 radical (unpaired) electrons. The monoisotopic (exact) mass is 299 g/mol. The zero-order valence-electron chi connectivity index (χ0n) is 10.4. The van der Waals surface area contributed by atoms with Gasteiger partial charge in [-0.2, -0.15) is 5.10 Å². The highest BCUT2D eigenvalue weighted by atomic mass is 79.9. The van der Waals surface area contributed by atoms with Crippen LogP contribution >= 0.6 is 15.9 Å². The minimum Gasteiger partial charge on any atom is -0.319 e. The van der Waals surface area contributed by atoms with E-state index in [4.69, 9.17) is 5.73 Å². The van der Waals surface area contributed by atoms with Gasteiger partial charge < -0.3 is 5.73 Å². The molecule has 1 aromatic heterocycles. The molecule has 94 valence electrons. The zero-order chi connectivity index (χ0) is 12.8. The van der Waals surface area contributed by atoms with Crippen molar-refractivity contribution in [3.63, 3.8) is 0 Å². The minimum absolute atomic E-state index is 0.0157. The Morgan fingerprint density at radius 2 is 2.24 bits per heavy atom. The van der Waals surface area contributed by atoms with Crippen LogP contribution in [0.5, 0.6) is 0 Å². The second-order valence-corrected chi connectivity index (χ2v) is 6.12. The predicted molar refractivity (Wildman–Crippen MR) is 70.0 cm³/mol. The van der Waals surface area contributed by atoms with E-state index in [1.54, 1.807) is 10.9 Å². The summed E-state index contributed by atoms with van der Waals surface area (Å²) < 4.78 is 2.47. The van der Waals surface area contributed by atoms with E-state index in [1.165, 1.54) is 0 Å². The number of aromatic nitrogens is 2. The average Bonchev–Trinajstić information content (AvgIpc) is 3.01. The minimum atomic E-state index is -0.769. The number of Topliss-reactive ketones (excluding diaryl/α,β-unsaturated/α-hetero) is 1. The Bertz CT molecular complexity index is 447. The summed E-state index contributed by atoms with van der Waals surface area (Å²) in [6.45, 7) is 5.83. The van der Waals surface area contributed by atoms with Gasteiger partial charge in [0.1, 0.15) is 5.69 Å². The number of nitrogens with zero attached hydrogens (tertiary/aromatic N) is 2. The van der Waals surface area contributed by atoms with Crippen LogP contribution in [0.3, 0.4) is 0 Å². The molecule has 0 aromatic carbocycles. The highest BCUT2D eigenvalue weighted by Crippen LogP contribution is 2.40. The molecule has 1 atom stereocenters. The van der Waals surface area contributed by atoms with Crippen molar-refractivity contribution in [1.29, 1.82) is 0 Å². The SMILES string of the molecule is CC(C)n1ncc(Br)c1C(=O)C(C)(N)C1CC1. The lowest BCUT2D eigenvalue weighted by molar-refractivity contribution is 0.0869. The summed E-state index contributed by atoms with van der Waals surface area (Å²) in [6.07, 6.45) is 3.76. The van der Waals surface area contributed by atoms with Gasteiger partial charge in [-0.3, -0.25) is 9.48 Å². The zero-order valence-corrected chi connectivity index (χ0v) is 12.0. The fourth-order valence-electron chi connectivity index (χ4n) is 2.07. The molecular weight excluding hydrogens is 282 g/mol. The number of hydrogen-bond donors (Lipinski definition) is 1. The Balaban J connectivity index is 2.39. The van der Waals surface area contributed by atoms with Crippen molar-refractivity contribution in [2.75, 3.05) is 0 Å². The topological polar surface area (TPSA) is 60.9 Å². The van der Waals surface area contributed by atoms with Crippen molar-refractivity contribution in [2.45, 2.75) is 45.2 Å². The van der Waals surface area contributed by atoms with E-state index in [2.05, 4.69) is 21.0 Å². The number of nitrogens with two attached hydrogens (primary N) is 1. The van der Waals surface area contributed by atoms with Crippen LogP contribution in [-0.4, -0.2) is 21.1 Å². The van der Waals surface area contributed by atoms with E-state index in [9.17, 15) is 4.79 Å². The summed E-state index contributed by atoms with van der Waals surface area (Å²) in [4.78, 5) is 12.5. The third-order valence-corrected chi connectivity index (χ3v) is 3.95. The average molecular weight is 300 g/mol.